The molecule has 0 fully saturated rings. The van der Waals surface area contributed by atoms with Crippen LogP contribution >= 0.6 is 0 Å². The molecule has 2 N–H and O–H groups in total. The van der Waals surface area contributed by atoms with Crippen molar-refractivity contribution in [2.45, 2.75) is 32.0 Å². The van der Waals surface area contributed by atoms with Crippen LogP contribution in [-0.4, -0.2) is 49.4 Å². The van der Waals surface area contributed by atoms with E-state index in [2.05, 4.69) is 6.92 Å². The summed E-state index contributed by atoms with van der Waals surface area (Å²) in [5, 5.41) is 18.2. The third-order valence-electron chi connectivity index (χ3n) is 1.84. The van der Waals surface area contributed by atoms with Crippen LogP contribution in [0.15, 0.2) is 0 Å². The minimum Gasteiger partial charge on any atom is -0.394 e. The quantitative estimate of drug-likeness (QED) is 0.538. The fraction of sp³-hybridized carbons (Fsp3) is 1.00. The molecular weight excluding hydrogens is 172 g/mol. The standard InChI is InChI=1S/C9H20O4/c1-3-4-5-13-7-8(11)9(6-10)12-2/h8-11H,3-7H2,1-2H3. The van der Waals surface area contributed by atoms with Crippen molar-refractivity contribution in [3.63, 3.8) is 0 Å². The van der Waals surface area contributed by atoms with Gasteiger partial charge in [-0.05, 0) is 6.42 Å². The van der Waals surface area contributed by atoms with Crippen molar-refractivity contribution in [3.05, 3.63) is 0 Å². The molecular formula is C9H20O4. The molecule has 0 amide bonds. The number of rotatable bonds is 8. The summed E-state index contributed by atoms with van der Waals surface area (Å²) in [6, 6.07) is 0. The van der Waals surface area contributed by atoms with Crippen LogP contribution in [0, 0.1) is 0 Å². The van der Waals surface area contributed by atoms with Crippen molar-refractivity contribution in [1.29, 1.82) is 0 Å². The van der Waals surface area contributed by atoms with Gasteiger partial charge in [0.05, 0.1) is 13.2 Å². The Balaban J connectivity index is 3.42. The van der Waals surface area contributed by atoms with Crippen molar-refractivity contribution < 1.29 is 19.7 Å². The zero-order chi connectivity index (χ0) is 10.1. The van der Waals surface area contributed by atoms with Gasteiger partial charge in [0.15, 0.2) is 0 Å². The Labute approximate surface area is 79.5 Å². The van der Waals surface area contributed by atoms with Gasteiger partial charge in [-0.15, -0.1) is 0 Å². The van der Waals surface area contributed by atoms with Crippen LogP contribution in [0.1, 0.15) is 19.8 Å². The maximum atomic E-state index is 9.40. The van der Waals surface area contributed by atoms with Gasteiger partial charge in [-0.3, -0.25) is 0 Å². The zero-order valence-corrected chi connectivity index (χ0v) is 8.40. The number of ether oxygens (including phenoxy) is 2. The van der Waals surface area contributed by atoms with E-state index in [1.807, 2.05) is 0 Å². The third kappa shape index (κ3) is 5.99. The molecule has 0 aliphatic heterocycles. The zero-order valence-electron chi connectivity index (χ0n) is 8.40. The highest BCUT2D eigenvalue weighted by Crippen LogP contribution is 1.99. The lowest BCUT2D eigenvalue weighted by Crippen LogP contribution is -2.35. The van der Waals surface area contributed by atoms with Crippen LogP contribution < -0.4 is 0 Å². The van der Waals surface area contributed by atoms with E-state index in [1.165, 1.54) is 7.11 Å². The third-order valence-corrected chi connectivity index (χ3v) is 1.84. The van der Waals surface area contributed by atoms with E-state index in [4.69, 9.17) is 14.6 Å². The average molecular weight is 192 g/mol. The van der Waals surface area contributed by atoms with Gasteiger partial charge < -0.3 is 19.7 Å². The van der Waals surface area contributed by atoms with E-state index < -0.39 is 12.2 Å². The summed E-state index contributed by atoms with van der Waals surface area (Å²) in [5.74, 6) is 0. The summed E-state index contributed by atoms with van der Waals surface area (Å²) in [6.07, 6.45) is 0.779. The fourth-order valence-corrected chi connectivity index (χ4v) is 0.911. The van der Waals surface area contributed by atoms with Gasteiger partial charge in [0.1, 0.15) is 12.2 Å². The van der Waals surface area contributed by atoms with Crippen molar-refractivity contribution >= 4 is 0 Å². The van der Waals surface area contributed by atoms with E-state index in [1.54, 1.807) is 0 Å². The molecule has 0 aromatic heterocycles. The van der Waals surface area contributed by atoms with Crippen molar-refractivity contribution in [2.24, 2.45) is 0 Å². The second-order valence-corrected chi connectivity index (χ2v) is 2.95. The van der Waals surface area contributed by atoms with Gasteiger partial charge in [0.2, 0.25) is 0 Å². The number of hydrogen-bond acceptors (Lipinski definition) is 4. The number of unbranched alkanes of at least 4 members (excludes halogenated alkanes) is 1. The first kappa shape index (κ1) is 12.8. The molecule has 0 saturated carbocycles. The number of methoxy groups -OCH3 is 1. The minimum absolute atomic E-state index is 0.186. The molecule has 2 atom stereocenters. The Hall–Kier alpha value is -0.160. The molecule has 0 saturated heterocycles. The first-order valence-corrected chi connectivity index (χ1v) is 4.65. The average Bonchev–Trinajstić information content (AvgIpc) is 2.14. The van der Waals surface area contributed by atoms with E-state index in [9.17, 15) is 5.11 Å². The summed E-state index contributed by atoms with van der Waals surface area (Å²) in [5.41, 5.74) is 0. The molecule has 0 radical (unpaired) electrons. The van der Waals surface area contributed by atoms with Gasteiger partial charge >= 0.3 is 0 Å². The molecule has 0 aromatic rings. The summed E-state index contributed by atoms with van der Waals surface area (Å²) in [7, 11) is 1.45. The van der Waals surface area contributed by atoms with Gasteiger partial charge in [-0.1, -0.05) is 13.3 Å². The van der Waals surface area contributed by atoms with Gasteiger partial charge in [0, 0.05) is 13.7 Å². The highest BCUT2D eigenvalue weighted by molar-refractivity contribution is 4.66. The summed E-state index contributed by atoms with van der Waals surface area (Å²) >= 11 is 0. The molecule has 0 aromatic carbocycles. The molecule has 0 spiro atoms. The minimum atomic E-state index is -0.744. The van der Waals surface area contributed by atoms with Crippen LogP contribution in [0.4, 0.5) is 0 Å². The Morgan fingerprint density at radius 3 is 2.54 bits per heavy atom. The first-order valence-electron chi connectivity index (χ1n) is 4.65. The van der Waals surface area contributed by atoms with Crippen LogP contribution in [0.25, 0.3) is 0 Å². The topological polar surface area (TPSA) is 58.9 Å². The molecule has 0 rings (SSSR count). The Kier molecular flexibility index (Phi) is 8.33. The second kappa shape index (κ2) is 8.44. The monoisotopic (exact) mass is 192 g/mol. The van der Waals surface area contributed by atoms with Gasteiger partial charge in [-0.2, -0.15) is 0 Å². The SMILES string of the molecule is CCCCOCC(O)C(CO)OC. The Morgan fingerprint density at radius 2 is 2.08 bits per heavy atom. The normalized spacial score (nSPS) is 15.7. The van der Waals surface area contributed by atoms with Crippen LogP contribution in [-0.2, 0) is 9.47 Å². The molecule has 4 nitrogen and oxygen atoms in total. The lowest BCUT2D eigenvalue weighted by atomic mass is 10.2. The summed E-state index contributed by atoms with van der Waals surface area (Å²) < 4.78 is 10.0. The number of aliphatic hydroxyl groups excluding tert-OH is 2. The highest BCUT2D eigenvalue weighted by Gasteiger charge is 2.17. The Bertz CT molecular complexity index is 104. The molecule has 80 valence electrons. The summed E-state index contributed by atoms with van der Waals surface area (Å²) in [4.78, 5) is 0. The second-order valence-electron chi connectivity index (χ2n) is 2.95. The number of aliphatic hydroxyl groups is 2. The predicted molar refractivity (Wildman–Crippen MR) is 49.6 cm³/mol. The molecule has 13 heavy (non-hydrogen) atoms. The maximum Gasteiger partial charge on any atom is 0.108 e. The highest BCUT2D eigenvalue weighted by atomic mass is 16.5. The van der Waals surface area contributed by atoms with E-state index in [-0.39, 0.29) is 13.2 Å². The maximum absolute atomic E-state index is 9.40. The van der Waals surface area contributed by atoms with Crippen LogP contribution in [0.2, 0.25) is 0 Å². The van der Waals surface area contributed by atoms with E-state index in [0.29, 0.717) is 6.61 Å². The lowest BCUT2D eigenvalue weighted by Gasteiger charge is -2.19. The van der Waals surface area contributed by atoms with Crippen molar-refractivity contribution in [3.8, 4) is 0 Å². The fourth-order valence-electron chi connectivity index (χ4n) is 0.911. The summed E-state index contributed by atoms with van der Waals surface area (Å²) in [6.45, 7) is 2.76. The lowest BCUT2D eigenvalue weighted by molar-refractivity contribution is -0.0748. The smallest absolute Gasteiger partial charge is 0.108 e. The van der Waals surface area contributed by atoms with Crippen molar-refractivity contribution in [1.82, 2.24) is 0 Å². The molecule has 4 heteroatoms. The van der Waals surface area contributed by atoms with E-state index in [0.717, 1.165) is 12.8 Å². The van der Waals surface area contributed by atoms with Gasteiger partial charge in [0.25, 0.3) is 0 Å². The molecule has 2 unspecified atom stereocenters. The molecule has 0 aliphatic rings. The van der Waals surface area contributed by atoms with Crippen LogP contribution in [0.3, 0.4) is 0 Å². The first-order chi connectivity index (χ1) is 6.26. The van der Waals surface area contributed by atoms with E-state index >= 15 is 0 Å². The largest absolute Gasteiger partial charge is 0.394 e. The van der Waals surface area contributed by atoms with Crippen LogP contribution in [0.5, 0.6) is 0 Å². The number of hydrogen-bond donors (Lipinski definition) is 2. The van der Waals surface area contributed by atoms with Crippen molar-refractivity contribution in [2.75, 3.05) is 26.9 Å². The molecule has 0 heterocycles. The molecule has 0 aliphatic carbocycles. The molecule has 0 bridgehead atoms. The predicted octanol–water partition coefficient (Wildman–Crippen LogP) is 0.171. The Morgan fingerprint density at radius 1 is 1.38 bits per heavy atom. The van der Waals surface area contributed by atoms with Gasteiger partial charge in [-0.25, -0.2) is 0 Å².